The van der Waals surface area contributed by atoms with Gasteiger partial charge in [0.15, 0.2) is 5.78 Å². The van der Waals surface area contributed by atoms with Crippen molar-refractivity contribution in [3.63, 3.8) is 0 Å². The van der Waals surface area contributed by atoms with Gasteiger partial charge in [0.2, 0.25) is 0 Å². The number of Topliss-reactive ketones (excluding diaryl/α,β-unsaturated/α-hetero) is 1. The summed E-state index contributed by atoms with van der Waals surface area (Å²) in [7, 11) is 0. The molecule has 0 saturated carbocycles. The monoisotopic (exact) mass is 216 g/mol. The Morgan fingerprint density at radius 2 is 2.00 bits per heavy atom. The third-order valence-corrected chi connectivity index (χ3v) is 2.98. The lowest BCUT2D eigenvalue weighted by Gasteiger charge is -2.18. The normalized spacial score (nSPS) is 20.4. The molecule has 1 atom stereocenters. The summed E-state index contributed by atoms with van der Waals surface area (Å²) in [4.78, 5) is 12.1. The molecule has 2 rings (SSSR count). The zero-order valence-electron chi connectivity index (χ0n) is 9.44. The van der Waals surface area contributed by atoms with Crippen LogP contribution in [-0.2, 0) is 0 Å². The third kappa shape index (κ3) is 2.22. The fourth-order valence-corrected chi connectivity index (χ4v) is 1.98. The Morgan fingerprint density at radius 1 is 1.31 bits per heavy atom. The lowest BCUT2D eigenvalue weighted by atomic mass is 9.90. The minimum Gasteiger partial charge on any atom is -0.388 e. The van der Waals surface area contributed by atoms with Gasteiger partial charge in [0, 0.05) is 11.1 Å². The zero-order valence-corrected chi connectivity index (χ0v) is 9.44. The van der Waals surface area contributed by atoms with Crippen molar-refractivity contribution in [3.8, 4) is 0 Å². The fourth-order valence-electron chi connectivity index (χ4n) is 1.98. The van der Waals surface area contributed by atoms with Crippen molar-refractivity contribution in [1.82, 2.24) is 0 Å². The molecule has 0 amide bonds. The minimum absolute atomic E-state index is 0.0350. The number of carbonyl (C=O) groups is 1. The Morgan fingerprint density at radius 3 is 2.62 bits per heavy atom. The molecule has 1 aromatic carbocycles. The van der Waals surface area contributed by atoms with Crippen LogP contribution in [0, 0.1) is 6.92 Å². The van der Waals surface area contributed by atoms with Crippen LogP contribution >= 0.6 is 0 Å². The molecular weight excluding hydrogens is 200 g/mol. The maximum atomic E-state index is 12.1. The molecule has 1 N–H and O–H groups in total. The van der Waals surface area contributed by atoms with E-state index < -0.39 is 6.10 Å². The molecule has 0 unspecified atom stereocenters. The van der Waals surface area contributed by atoms with Gasteiger partial charge in [-0.2, -0.15) is 0 Å². The van der Waals surface area contributed by atoms with E-state index in [2.05, 4.69) is 0 Å². The number of carbonyl (C=O) groups excluding carboxylic acids is 1. The Bertz CT molecular complexity index is 415. The van der Waals surface area contributed by atoms with E-state index in [0.717, 1.165) is 18.4 Å². The quantitative estimate of drug-likeness (QED) is 0.772. The lowest BCUT2D eigenvalue weighted by Crippen LogP contribution is -2.20. The molecule has 0 saturated heterocycles. The highest BCUT2D eigenvalue weighted by Gasteiger charge is 2.21. The van der Waals surface area contributed by atoms with Crippen LogP contribution in [-0.4, -0.2) is 17.0 Å². The largest absolute Gasteiger partial charge is 0.388 e. The van der Waals surface area contributed by atoms with Crippen LogP contribution in [0.5, 0.6) is 0 Å². The van der Waals surface area contributed by atoms with Crippen molar-refractivity contribution >= 4 is 5.78 Å². The van der Waals surface area contributed by atoms with Crippen LogP contribution in [0.2, 0.25) is 0 Å². The number of rotatable bonds is 2. The van der Waals surface area contributed by atoms with Gasteiger partial charge in [0.25, 0.3) is 0 Å². The van der Waals surface area contributed by atoms with Gasteiger partial charge in [-0.25, -0.2) is 0 Å². The maximum Gasteiger partial charge on any atom is 0.191 e. The topological polar surface area (TPSA) is 37.3 Å². The summed E-state index contributed by atoms with van der Waals surface area (Å²) in [6, 6.07) is 7.48. The van der Waals surface area contributed by atoms with E-state index in [-0.39, 0.29) is 5.78 Å². The summed E-state index contributed by atoms with van der Waals surface area (Å²) < 4.78 is 0. The first-order valence-corrected chi connectivity index (χ1v) is 5.68. The molecule has 0 radical (unpaired) electrons. The van der Waals surface area contributed by atoms with Crippen LogP contribution < -0.4 is 0 Å². The summed E-state index contributed by atoms with van der Waals surface area (Å²) in [5, 5.41) is 9.77. The Hall–Kier alpha value is -1.41. The van der Waals surface area contributed by atoms with E-state index in [4.69, 9.17) is 0 Å². The second-order valence-electron chi connectivity index (χ2n) is 4.30. The maximum absolute atomic E-state index is 12.1. The molecule has 0 aliphatic heterocycles. The van der Waals surface area contributed by atoms with Crippen molar-refractivity contribution < 1.29 is 9.90 Å². The Labute approximate surface area is 95.6 Å². The molecule has 0 heterocycles. The summed E-state index contributed by atoms with van der Waals surface area (Å²) in [5.41, 5.74) is 2.36. The lowest BCUT2D eigenvalue weighted by molar-refractivity contribution is 0.0975. The molecule has 0 bridgehead atoms. The van der Waals surface area contributed by atoms with Gasteiger partial charge in [-0.05, 0) is 26.2 Å². The van der Waals surface area contributed by atoms with Crippen LogP contribution in [0.1, 0.15) is 35.2 Å². The van der Waals surface area contributed by atoms with Crippen molar-refractivity contribution in [2.75, 3.05) is 0 Å². The number of aliphatic hydroxyl groups excluding tert-OH is 1. The average Bonchev–Trinajstić information content (AvgIpc) is 2.30. The van der Waals surface area contributed by atoms with E-state index in [9.17, 15) is 9.90 Å². The van der Waals surface area contributed by atoms with Crippen molar-refractivity contribution in [2.24, 2.45) is 0 Å². The predicted molar refractivity (Wildman–Crippen MR) is 63.5 cm³/mol. The van der Waals surface area contributed by atoms with E-state index >= 15 is 0 Å². The van der Waals surface area contributed by atoms with Crippen LogP contribution in [0.15, 0.2) is 35.9 Å². The van der Waals surface area contributed by atoms with Crippen molar-refractivity contribution in [3.05, 3.63) is 47.0 Å². The standard InChI is InChI=1S/C14H16O2/c1-10-6-8-11(9-7-10)14(16)12-4-2-3-5-13(12)15/h4,6-9,13,15H,2-3,5H2,1H3/t13-/m1/s1. The third-order valence-electron chi connectivity index (χ3n) is 2.98. The van der Waals surface area contributed by atoms with Crippen LogP contribution in [0.25, 0.3) is 0 Å². The number of benzene rings is 1. The minimum atomic E-state index is -0.581. The fraction of sp³-hybridized carbons (Fsp3) is 0.357. The van der Waals surface area contributed by atoms with E-state index in [0.29, 0.717) is 17.6 Å². The molecule has 16 heavy (non-hydrogen) atoms. The number of aliphatic hydroxyl groups is 1. The molecule has 0 aromatic heterocycles. The van der Waals surface area contributed by atoms with Crippen LogP contribution in [0.3, 0.4) is 0 Å². The first kappa shape index (κ1) is 11.1. The molecular formula is C14H16O2. The van der Waals surface area contributed by atoms with E-state index in [1.54, 1.807) is 0 Å². The molecule has 1 aliphatic carbocycles. The van der Waals surface area contributed by atoms with Gasteiger partial charge < -0.3 is 5.11 Å². The number of aryl methyl sites for hydroxylation is 1. The number of allylic oxidation sites excluding steroid dienone is 1. The molecule has 0 fully saturated rings. The second kappa shape index (κ2) is 4.62. The molecule has 1 aliphatic rings. The Balaban J connectivity index is 2.24. The SMILES string of the molecule is Cc1ccc(C(=O)C2=CCCC[C@H]2O)cc1. The van der Waals surface area contributed by atoms with Crippen molar-refractivity contribution in [2.45, 2.75) is 32.3 Å². The smallest absolute Gasteiger partial charge is 0.191 e. The molecule has 84 valence electrons. The summed E-state index contributed by atoms with van der Waals surface area (Å²) in [6.45, 7) is 1.99. The van der Waals surface area contributed by atoms with Gasteiger partial charge in [-0.1, -0.05) is 35.9 Å². The van der Waals surface area contributed by atoms with E-state index in [1.807, 2.05) is 37.3 Å². The first-order valence-electron chi connectivity index (χ1n) is 5.68. The molecule has 2 nitrogen and oxygen atoms in total. The van der Waals surface area contributed by atoms with Gasteiger partial charge in [0.05, 0.1) is 6.10 Å². The summed E-state index contributed by atoms with van der Waals surface area (Å²) >= 11 is 0. The van der Waals surface area contributed by atoms with Crippen LogP contribution in [0.4, 0.5) is 0 Å². The highest BCUT2D eigenvalue weighted by molar-refractivity contribution is 6.09. The first-order chi connectivity index (χ1) is 7.68. The summed E-state index contributed by atoms with van der Waals surface area (Å²) in [5.74, 6) is -0.0350. The molecule has 1 aromatic rings. The highest BCUT2D eigenvalue weighted by atomic mass is 16.3. The van der Waals surface area contributed by atoms with Gasteiger partial charge >= 0.3 is 0 Å². The highest BCUT2D eigenvalue weighted by Crippen LogP contribution is 2.22. The number of hydrogen-bond donors (Lipinski definition) is 1. The predicted octanol–water partition coefficient (Wildman–Crippen LogP) is 2.65. The molecule has 2 heteroatoms. The van der Waals surface area contributed by atoms with E-state index in [1.165, 1.54) is 0 Å². The van der Waals surface area contributed by atoms with Crippen molar-refractivity contribution in [1.29, 1.82) is 0 Å². The summed E-state index contributed by atoms with van der Waals surface area (Å²) in [6.07, 6.45) is 3.85. The average molecular weight is 216 g/mol. The number of ketones is 1. The van der Waals surface area contributed by atoms with Gasteiger partial charge in [0.1, 0.15) is 0 Å². The number of hydrogen-bond acceptors (Lipinski definition) is 2. The zero-order chi connectivity index (χ0) is 11.5. The second-order valence-corrected chi connectivity index (χ2v) is 4.30. The molecule has 0 spiro atoms. The van der Waals surface area contributed by atoms with Gasteiger partial charge in [-0.15, -0.1) is 0 Å². The van der Waals surface area contributed by atoms with Gasteiger partial charge in [-0.3, -0.25) is 4.79 Å². The Kier molecular flexibility index (Phi) is 3.20.